The molecule has 0 aliphatic heterocycles. The van der Waals surface area contributed by atoms with E-state index in [0.717, 1.165) is 30.0 Å². The normalized spacial score (nSPS) is 10.6. The third kappa shape index (κ3) is 1.94. The smallest absolute Gasteiger partial charge is 0.140 e. The van der Waals surface area contributed by atoms with E-state index in [9.17, 15) is 0 Å². The van der Waals surface area contributed by atoms with Gasteiger partial charge in [0.25, 0.3) is 0 Å². The SMILES string of the molecule is CCCn1ccnc1-c1ccc(N)cc1C. The summed E-state index contributed by atoms with van der Waals surface area (Å²) >= 11 is 0. The monoisotopic (exact) mass is 215 g/mol. The summed E-state index contributed by atoms with van der Waals surface area (Å²) in [6, 6.07) is 5.95. The predicted molar refractivity (Wildman–Crippen MR) is 67.1 cm³/mol. The Morgan fingerprint density at radius 1 is 1.38 bits per heavy atom. The van der Waals surface area contributed by atoms with Gasteiger partial charge in [-0.1, -0.05) is 6.92 Å². The Kier molecular flexibility index (Phi) is 2.95. The van der Waals surface area contributed by atoms with Gasteiger partial charge in [-0.25, -0.2) is 4.98 Å². The van der Waals surface area contributed by atoms with E-state index >= 15 is 0 Å². The Morgan fingerprint density at radius 3 is 2.88 bits per heavy atom. The molecule has 0 unspecified atom stereocenters. The summed E-state index contributed by atoms with van der Waals surface area (Å²) in [4.78, 5) is 4.42. The molecule has 0 aliphatic rings. The zero-order valence-corrected chi connectivity index (χ0v) is 9.77. The first kappa shape index (κ1) is 10.7. The number of imidazole rings is 1. The number of hydrogen-bond donors (Lipinski definition) is 1. The van der Waals surface area contributed by atoms with Crippen molar-refractivity contribution < 1.29 is 0 Å². The van der Waals surface area contributed by atoms with E-state index in [1.807, 2.05) is 30.6 Å². The molecule has 0 radical (unpaired) electrons. The lowest BCUT2D eigenvalue weighted by atomic mass is 10.1. The van der Waals surface area contributed by atoms with Crippen LogP contribution < -0.4 is 5.73 Å². The predicted octanol–water partition coefficient (Wildman–Crippen LogP) is 2.85. The lowest BCUT2D eigenvalue weighted by Crippen LogP contribution is -2.00. The van der Waals surface area contributed by atoms with Crippen molar-refractivity contribution in [3.8, 4) is 11.4 Å². The number of anilines is 1. The highest BCUT2D eigenvalue weighted by Crippen LogP contribution is 2.23. The van der Waals surface area contributed by atoms with Gasteiger partial charge >= 0.3 is 0 Å². The number of rotatable bonds is 3. The second-order valence-electron chi connectivity index (χ2n) is 4.02. The second-order valence-corrected chi connectivity index (χ2v) is 4.02. The third-order valence-electron chi connectivity index (χ3n) is 2.67. The Morgan fingerprint density at radius 2 is 2.19 bits per heavy atom. The summed E-state index contributed by atoms with van der Waals surface area (Å²) in [6.07, 6.45) is 4.98. The van der Waals surface area contributed by atoms with Gasteiger partial charge in [-0.2, -0.15) is 0 Å². The molecule has 84 valence electrons. The van der Waals surface area contributed by atoms with E-state index in [4.69, 9.17) is 5.73 Å². The molecule has 0 amide bonds. The quantitative estimate of drug-likeness (QED) is 0.800. The lowest BCUT2D eigenvalue weighted by molar-refractivity contribution is 0.685. The van der Waals surface area contributed by atoms with E-state index in [1.54, 1.807) is 0 Å². The first-order chi connectivity index (χ1) is 7.72. The number of benzene rings is 1. The summed E-state index contributed by atoms with van der Waals surface area (Å²) in [6.45, 7) is 5.23. The number of aromatic nitrogens is 2. The van der Waals surface area contributed by atoms with Crippen LogP contribution in [0.15, 0.2) is 30.6 Å². The second kappa shape index (κ2) is 4.39. The van der Waals surface area contributed by atoms with E-state index in [-0.39, 0.29) is 0 Å². The molecule has 16 heavy (non-hydrogen) atoms. The molecule has 0 bridgehead atoms. The molecule has 0 atom stereocenters. The Labute approximate surface area is 95.9 Å². The van der Waals surface area contributed by atoms with Crippen molar-refractivity contribution in [1.29, 1.82) is 0 Å². The minimum atomic E-state index is 0.801. The van der Waals surface area contributed by atoms with Crippen LogP contribution in [-0.4, -0.2) is 9.55 Å². The number of nitrogens with zero attached hydrogens (tertiary/aromatic N) is 2. The minimum absolute atomic E-state index is 0.801. The van der Waals surface area contributed by atoms with Gasteiger partial charge in [0.1, 0.15) is 5.82 Å². The molecule has 0 aliphatic carbocycles. The molecule has 1 aromatic carbocycles. The lowest BCUT2D eigenvalue weighted by Gasteiger charge is -2.09. The van der Waals surface area contributed by atoms with Gasteiger partial charge in [-0.3, -0.25) is 0 Å². The first-order valence-electron chi connectivity index (χ1n) is 5.60. The van der Waals surface area contributed by atoms with E-state index < -0.39 is 0 Å². The van der Waals surface area contributed by atoms with Gasteiger partial charge in [0, 0.05) is 30.2 Å². The van der Waals surface area contributed by atoms with Crippen molar-refractivity contribution in [1.82, 2.24) is 9.55 Å². The average molecular weight is 215 g/mol. The van der Waals surface area contributed by atoms with Crippen LogP contribution in [0.5, 0.6) is 0 Å². The Hall–Kier alpha value is -1.77. The Bertz CT molecular complexity index is 486. The highest BCUT2D eigenvalue weighted by atomic mass is 15.1. The van der Waals surface area contributed by atoms with Crippen LogP contribution in [0, 0.1) is 6.92 Å². The van der Waals surface area contributed by atoms with Gasteiger partial charge in [0.15, 0.2) is 0 Å². The maximum Gasteiger partial charge on any atom is 0.140 e. The fraction of sp³-hybridized carbons (Fsp3) is 0.308. The summed E-state index contributed by atoms with van der Waals surface area (Å²) in [5, 5.41) is 0. The molecular weight excluding hydrogens is 198 g/mol. The standard InChI is InChI=1S/C13H17N3/c1-3-7-16-8-6-15-13(16)12-5-4-11(14)9-10(12)2/h4-6,8-9H,3,7,14H2,1-2H3. The highest BCUT2D eigenvalue weighted by molar-refractivity contribution is 5.64. The Balaban J connectivity index is 2.46. The number of aryl methyl sites for hydroxylation is 2. The molecule has 0 saturated heterocycles. The molecule has 2 N–H and O–H groups in total. The van der Waals surface area contributed by atoms with Gasteiger partial charge in [-0.05, 0) is 37.1 Å². The third-order valence-corrected chi connectivity index (χ3v) is 2.67. The average Bonchev–Trinajstić information content (AvgIpc) is 2.67. The number of nitrogen functional groups attached to an aromatic ring is 1. The van der Waals surface area contributed by atoms with Crippen LogP contribution in [0.25, 0.3) is 11.4 Å². The van der Waals surface area contributed by atoms with Crippen LogP contribution in [0.3, 0.4) is 0 Å². The molecule has 0 fully saturated rings. The largest absolute Gasteiger partial charge is 0.399 e. The van der Waals surface area contributed by atoms with Gasteiger partial charge < -0.3 is 10.3 Å². The number of nitrogens with two attached hydrogens (primary N) is 1. The fourth-order valence-corrected chi connectivity index (χ4v) is 1.91. The molecule has 2 aromatic rings. The molecule has 1 aromatic heterocycles. The van der Waals surface area contributed by atoms with Crippen LogP contribution >= 0.6 is 0 Å². The van der Waals surface area contributed by atoms with Gasteiger partial charge in [0.2, 0.25) is 0 Å². The maximum absolute atomic E-state index is 5.75. The van der Waals surface area contributed by atoms with Crippen molar-refractivity contribution in [2.45, 2.75) is 26.8 Å². The zero-order chi connectivity index (χ0) is 11.5. The van der Waals surface area contributed by atoms with Crippen LogP contribution in [-0.2, 0) is 6.54 Å². The minimum Gasteiger partial charge on any atom is -0.399 e. The summed E-state index contributed by atoms with van der Waals surface area (Å²) < 4.78 is 2.18. The fourth-order valence-electron chi connectivity index (χ4n) is 1.91. The molecule has 3 nitrogen and oxygen atoms in total. The molecule has 0 saturated carbocycles. The number of hydrogen-bond acceptors (Lipinski definition) is 2. The van der Waals surface area contributed by atoms with E-state index in [2.05, 4.69) is 23.4 Å². The molecule has 1 heterocycles. The van der Waals surface area contributed by atoms with Crippen molar-refractivity contribution in [3.63, 3.8) is 0 Å². The van der Waals surface area contributed by atoms with Crippen molar-refractivity contribution in [2.24, 2.45) is 0 Å². The zero-order valence-electron chi connectivity index (χ0n) is 9.77. The van der Waals surface area contributed by atoms with E-state index in [0.29, 0.717) is 0 Å². The van der Waals surface area contributed by atoms with Gasteiger partial charge in [0.05, 0.1) is 0 Å². The highest BCUT2D eigenvalue weighted by Gasteiger charge is 2.07. The summed E-state index contributed by atoms with van der Waals surface area (Å²) in [7, 11) is 0. The van der Waals surface area contributed by atoms with Gasteiger partial charge in [-0.15, -0.1) is 0 Å². The van der Waals surface area contributed by atoms with E-state index in [1.165, 1.54) is 5.56 Å². The van der Waals surface area contributed by atoms with Crippen molar-refractivity contribution in [2.75, 3.05) is 5.73 Å². The van der Waals surface area contributed by atoms with Crippen molar-refractivity contribution >= 4 is 5.69 Å². The van der Waals surface area contributed by atoms with Crippen LogP contribution in [0.4, 0.5) is 5.69 Å². The molecular formula is C13H17N3. The van der Waals surface area contributed by atoms with Crippen molar-refractivity contribution in [3.05, 3.63) is 36.2 Å². The van der Waals surface area contributed by atoms with Crippen LogP contribution in [0.1, 0.15) is 18.9 Å². The maximum atomic E-state index is 5.75. The summed E-state index contributed by atoms with van der Waals surface area (Å²) in [5.41, 5.74) is 8.88. The topological polar surface area (TPSA) is 43.8 Å². The molecule has 2 rings (SSSR count). The first-order valence-corrected chi connectivity index (χ1v) is 5.60. The molecule has 3 heteroatoms. The molecule has 0 spiro atoms. The summed E-state index contributed by atoms with van der Waals surface area (Å²) in [5.74, 6) is 1.03. The van der Waals surface area contributed by atoms with Crippen LogP contribution in [0.2, 0.25) is 0 Å².